The summed E-state index contributed by atoms with van der Waals surface area (Å²) in [4.78, 5) is 30.8. The van der Waals surface area contributed by atoms with Gasteiger partial charge < -0.3 is 16.4 Å². The van der Waals surface area contributed by atoms with Gasteiger partial charge in [0.25, 0.3) is 5.91 Å². The van der Waals surface area contributed by atoms with Crippen LogP contribution in [0.15, 0.2) is 61.2 Å². The molecule has 3 aromatic rings. The van der Waals surface area contributed by atoms with Crippen molar-refractivity contribution in [3.8, 4) is 11.1 Å². The van der Waals surface area contributed by atoms with Gasteiger partial charge in [0.05, 0.1) is 40.6 Å². The summed E-state index contributed by atoms with van der Waals surface area (Å²) in [6.07, 6.45) is 6.57. The fourth-order valence-corrected chi connectivity index (χ4v) is 4.54. The van der Waals surface area contributed by atoms with Crippen molar-refractivity contribution in [1.82, 2.24) is 20.1 Å². The van der Waals surface area contributed by atoms with Gasteiger partial charge in [0, 0.05) is 23.4 Å². The first-order valence-electron chi connectivity index (χ1n) is 12.2. The molecule has 0 saturated heterocycles. The maximum atomic E-state index is 13.9. The zero-order valence-electron chi connectivity index (χ0n) is 21.2. The number of nitrogens with one attached hydrogen (secondary N) is 2. The highest BCUT2D eigenvalue weighted by molar-refractivity contribution is 5.98. The van der Waals surface area contributed by atoms with Gasteiger partial charge in [-0.25, -0.2) is 9.07 Å². The molecule has 0 fully saturated rings. The van der Waals surface area contributed by atoms with Gasteiger partial charge in [-0.15, -0.1) is 0 Å². The summed E-state index contributed by atoms with van der Waals surface area (Å²) in [6.45, 7) is 8.61. The third-order valence-corrected chi connectivity index (χ3v) is 6.67. The number of carbonyl (C=O) groups is 2. The summed E-state index contributed by atoms with van der Waals surface area (Å²) in [5.74, 6) is -1.29. The number of halogens is 1. The fraction of sp³-hybridized carbons (Fsp3) is 0.286. The second kappa shape index (κ2) is 10.8. The summed E-state index contributed by atoms with van der Waals surface area (Å²) in [6, 6.07) is 8.76. The van der Waals surface area contributed by atoms with Gasteiger partial charge in [0.1, 0.15) is 5.83 Å². The van der Waals surface area contributed by atoms with Crippen LogP contribution in [0.1, 0.15) is 60.9 Å². The lowest BCUT2D eigenvalue weighted by molar-refractivity contribution is -0.119. The Hall–Kier alpha value is -4.27. The van der Waals surface area contributed by atoms with Gasteiger partial charge >= 0.3 is 0 Å². The fourth-order valence-electron chi connectivity index (χ4n) is 4.54. The predicted octanol–water partition coefficient (Wildman–Crippen LogP) is 5.41. The molecule has 2 atom stereocenters. The van der Waals surface area contributed by atoms with Crippen molar-refractivity contribution in [3.63, 3.8) is 0 Å². The molecular weight excluding hydrogens is 471 g/mol. The van der Waals surface area contributed by atoms with Crippen molar-refractivity contribution in [2.45, 2.75) is 46.1 Å². The van der Waals surface area contributed by atoms with Crippen molar-refractivity contribution in [2.75, 3.05) is 11.1 Å². The van der Waals surface area contributed by atoms with Gasteiger partial charge in [0.15, 0.2) is 0 Å². The van der Waals surface area contributed by atoms with E-state index in [2.05, 4.69) is 27.3 Å². The van der Waals surface area contributed by atoms with Crippen LogP contribution in [-0.2, 0) is 4.79 Å². The Bertz CT molecular complexity index is 1390. The van der Waals surface area contributed by atoms with E-state index in [-0.39, 0.29) is 23.4 Å². The van der Waals surface area contributed by atoms with Gasteiger partial charge in [-0.2, -0.15) is 5.10 Å². The van der Waals surface area contributed by atoms with Crippen LogP contribution in [0.5, 0.6) is 0 Å². The maximum absolute atomic E-state index is 13.9. The molecule has 8 nitrogen and oxygen atoms in total. The molecule has 2 bridgehead atoms. The smallest absolute Gasteiger partial charge is 0.255 e. The van der Waals surface area contributed by atoms with E-state index in [0.29, 0.717) is 47.6 Å². The summed E-state index contributed by atoms with van der Waals surface area (Å²) in [5, 5.41) is 10.3. The third-order valence-electron chi connectivity index (χ3n) is 6.67. The van der Waals surface area contributed by atoms with Crippen molar-refractivity contribution in [1.29, 1.82) is 0 Å². The second-order valence-corrected chi connectivity index (χ2v) is 9.26. The van der Waals surface area contributed by atoms with E-state index in [1.807, 2.05) is 25.1 Å². The highest BCUT2D eigenvalue weighted by atomic mass is 19.1. The van der Waals surface area contributed by atoms with E-state index in [1.54, 1.807) is 38.3 Å². The molecule has 0 aliphatic carbocycles. The van der Waals surface area contributed by atoms with Crippen molar-refractivity contribution >= 4 is 28.9 Å². The average molecular weight is 503 g/mol. The molecular formula is C28H31FN6O2. The van der Waals surface area contributed by atoms with Crippen molar-refractivity contribution in [2.24, 2.45) is 5.92 Å². The minimum absolute atomic E-state index is 0.0837. The number of aromatic nitrogens is 3. The molecule has 37 heavy (non-hydrogen) atoms. The quantitative estimate of drug-likeness (QED) is 0.326. The number of allylic oxidation sites excluding steroid dienone is 3. The highest BCUT2D eigenvalue weighted by Gasteiger charge is 2.24. The number of carbonyl (C=O) groups excluding carboxylic acids is 2. The number of nitrogens with zero attached hydrogens (tertiary/aromatic N) is 3. The van der Waals surface area contributed by atoms with Crippen LogP contribution >= 0.6 is 0 Å². The lowest BCUT2D eigenvalue weighted by Crippen LogP contribution is -2.30. The number of hydrogen-bond acceptors (Lipinski definition) is 5. The predicted molar refractivity (Wildman–Crippen MR) is 143 cm³/mol. The largest absolute Gasteiger partial charge is 0.399 e. The summed E-state index contributed by atoms with van der Waals surface area (Å²) in [5.41, 5.74) is 10.5. The zero-order valence-corrected chi connectivity index (χ0v) is 21.2. The Kier molecular flexibility index (Phi) is 7.52. The maximum Gasteiger partial charge on any atom is 0.255 e. The highest BCUT2D eigenvalue weighted by Crippen LogP contribution is 2.33. The minimum atomic E-state index is -0.638. The number of rotatable bonds is 4. The number of benzene rings is 1. The molecule has 0 spiro atoms. The topological polar surface area (TPSA) is 115 Å². The number of nitrogen functional groups attached to an aromatic ring is 1. The lowest BCUT2D eigenvalue weighted by Gasteiger charge is -2.22. The van der Waals surface area contributed by atoms with Crippen LogP contribution < -0.4 is 16.4 Å². The molecule has 1 aliphatic rings. The van der Waals surface area contributed by atoms with Crippen LogP contribution in [-0.4, -0.2) is 26.6 Å². The molecule has 192 valence electrons. The van der Waals surface area contributed by atoms with E-state index >= 15 is 0 Å². The number of amides is 2. The Morgan fingerprint density at radius 1 is 1.30 bits per heavy atom. The van der Waals surface area contributed by atoms with Crippen LogP contribution in [0, 0.1) is 12.8 Å². The molecule has 4 N–H and O–H groups in total. The Labute approximate surface area is 215 Å². The molecule has 2 aromatic heterocycles. The van der Waals surface area contributed by atoms with E-state index in [0.717, 1.165) is 11.1 Å². The molecule has 2 unspecified atom stereocenters. The molecule has 1 aliphatic heterocycles. The molecule has 3 heterocycles. The van der Waals surface area contributed by atoms with E-state index in [1.165, 1.54) is 10.9 Å². The molecule has 0 saturated carbocycles. The first kappa shape index (κ1) is 25.8. The van der Waals surface area contributed by atoms with Crippen LogP contribution in [0.2, 0.25) is 0 Å². The zero-order chi connectivity index (χ0) is 26.7. The average Bonchev–Trinajstić information content (AvgIpc) is 3.24. The standard InChI is InChI=1S/C28H31FN6O2/c1-5-26(17(3)29)35-18(4)22(15-32-35)28(37)33-23-8-6-7-16(2)27(36)34-24-14-20(30)9-10-21(24)19-11-12-31-25(23)13-19/h5,9-16,23H,3,6-8,30H2,1-2,4H3,(H,33,37)(H,34,36). The second-order valence-electron chi connectivity index (χ2n) is 9.26. The number of pyridine rings is 1. The van der Waals surface area contributed by atoms with Crippen LogP contribution in [0.25, 0.3) is 16.8 Å². The molecule has 0 radical (unpaired) electrons. The Balaban J connectivity index is 1.70. The normalized spacial score (nSPS) is 18.2. The summed E-state index contributed by atoms with van der Waals surface area (Å²) in [7, 11) is 0. The van der Waals surface area contributed by atoms with Gasteiger partial charge in [0.2, 0.25) is 5.91 Å². The number of fused-ring (bicyclic) bond motifs is 4. The molecule has 1 aromatic carbocycles. The number of hydrogen-bond donors (Lipinski definition) is 3. The first-order chi connectivity index (χ1) is 17.7. The lowest BCUT2D eigenvalue weighted by atomic mass is 9.95. The number of nitrogens with two attached hydrogens (primary N) is 1. The first-order valence-corrected chi connectivity index (χ1v) is 12.2. The van der Waals surface area contributed by atoms with Crippen molar-refractivity contribution < 1.29 is 14.0 Å². The summed E-state index contributed by atoms with van der Waals surface area (Å²) >= 11 is 0. The number of anilines is 2. The monoisotopic (exact) mass is 502 g/mol. The minimum Gasteiger partial charge on any atom is -0.399 e. The Morgan fingerprint density at radius 3 is 2.81 bits per heavy atom. The molecule has 2 amide bonds. The van der Waals surface area contributed by atoms with Crippen LogP contribution in [0.4, 0.5) is 15.8 Å². The van der Waals surface area contributed by atoms with E-state index in [4.69, 9.17) is 5.73 Å². The van der Waals surface area contributed by atoms with E-state index < -0.39 is 11.9 Å². The molecule has 4 rings (SSSR count). The van der Waals surface area contributed by atoms with Crippen LogP contribution in [0.3, 0.4) is 0 Å². The van der Waals surface area contributed by atoms with Gasteiger partial charge in [-0.1, -0.05) is 32.1 Å². The van der Waals surface area contributed by atoms with E-state index in [9.17, 15) is 14.0 Å². The third kappa shape index (κ3) is 5.45. The molecule has 9 heteroatoms. The van der Waals surface area contributed by atoms with Gasteiger partial charge in [-0.3, -0.25) is 14.6 Å². The van der Waals surface area contributed by atoms with Gasteiger partial charge in [-0.05, 0) is 56.5 Å². The van der Waals surface area contributed by atoms with Crippen molar-refractivity contribution in [3.05, 3.63) is 78.2 Å². The summed E-state index contributed by atoms with van der Waals surface area (Å²) < 4.78 is 15.2. The Morgan fingerprint density at radius 2 is 2.08 bits per heavy atom. The SMILES string of the molecule is C=C(F)C(=CC)n1ncc(C(=O)NC2CCCC(C)C(=O)Nc3cc(N)ccc3-c3ccnc2c3)c1C.